The summed E-state index contributed by atoms with van der Waals surface area (Å²) < 4.78 is 4.17. The summed E-state index contributed by atoms with van der Waals surface area (Å²) in [5, 5.41) is 1.60. The van der Waals surface area contributed by atoms with E-state index in [9.17, 15) is 9.59 Å². The van der Waals surface area contributed by atoms with E-state index in [1.165, 1.54) is 25.5 Å². The summed E-state index contributed by atoms with van der Waals surface area (Å²) in [6.45, 7) is 11.5. The van der Waals surface area contributed by atoms with Gasteiger partial charge in [-0.05, 0) is 55.4 Å². The number of rotatable bonds is 2. The number of nitrogens with zero attached hydrogens (tertiary/aromatic N) is 2. The minimum Gasteiger partial charge on any atom is -0.293 e. The molecular formula is C22H26N2O2S2. The monoisotopic (exact) mass is 414 g/mol. The first kappa shape index (κ1) is 19.6. The molecule has 6 heteroatoms. The molecule has 2 heterocycles. The van der Waals surface area contributed by atoms with Gasteiger partial charge in [0.05, 0.1) is 14.8 Å². The summed E-state index contributed by atoms with van der Waals surface area (Å²) in [4.78, 5) is 28.5. The highest BCUT2D eigenvalue weighted by atomic mass is 32.2. The molecule has 0 saturated heterocycles. The lowest BCUT2D eigenvalue weighted by atomic mass is 9.87. The average molecular weight is 415 g/mol. The Bertz CT molecular complexity index is 1210. The van der Waals surface area contributed by atoms with Gasteiger partial charge in [-0.2, -0.15) is 0 Å². The first-order valence-corrected chi connectivity index (χ1v) is 11.5. The van der Waals surface area contributed by atoms with E-state index in [-0.39, 0.29) is 16.7 Å². The summed E-state index contributed by atoms with van der Waals surface area (Å²) in [6, 6.07) is 6.60. The van der Waals surface area contributed by atoms with E-state index in [1.807, 2.05) is 13.8 Å². The number of hydrogen-bond acceptors (Lipinski definition) is 4. The lowest BCUT2D eigenvalue weighted by Crippen LogP contribution is -2.58. The molecule has 1 saturated carbocycles. The van der Waals surface area contributed by atoms with Crippen LogP contribution in [0.1, 0.15) is 53.0 Å². The first-order chi connectivity index (χ1) is 13.3. The van der Waals surface area contributed by atoms with Crippen molar-refractivity contribution in [3.8, 4) is 0 Å². The molecule has 1 fully saturated rings. The van der Waals surface area contributed by atoms with Crippen LogP contribution in [0, 0.1) is 0 Å². The maximum absolute atomic E-state index is 13.3. The lowest BCUT2D eigenvalue weighted by Gasteiger charge is -2.19. The van der Waals surface area contributed by atoms with E-state index >= 15 is 0 Å². The van der Waals surface area contributed by atoms with Crippen LogP contribution in [0.3, 0.4) is 0 Å². The molecule has 4 nitrogen and oxygen atoms in total. The molecule has 4 rings (SSSR count). The van der Waals surface area contributed by atoms with E-state index in [4.69, 9.17) is 0 Å². The topological polar surface area (TPSA) is 44.0 Å². The third kappa shape index (κ3) is 3.20. The van der Waals surface area contributed by atoms with Crippen LogP contribution in [-0.2, 0) is 18.5 Å². The van der Waals surface area contributed by atoms with E-state index < -0.39 is 0 Å². The maximum atomic E-state index is 13.3. The molecule has 0 atom stereocenters. The Hall–Kier alpha value is -1.66. The molecule has 0 N–H and O–H groups in total. The molecule has 0 unspecified atom stereocenters. The molecule has 0 radical (unpaired) electrons. The fraction of sp³-hybridized carbons (Fsp3) is 0.455. The Morgan fingerprint density at radius 2 is 1.61 bits per heavy atom. The SMILES string of the molecule is CCn1c(=O)/c(=C2\Sc3ccc(C(C)(C)C)cc3S2)c(=C2CC2)n(CC)c1=O. The second-order valence-corrected chi connectivity index (χ2v) is 10.7. The van der Waals surface area contributed by atoms with Crippen molar-refractivity contribution >= 4 is 33.3 Å². The summed E-state index contributed by atoms with van der Waals surface area (Å²) in [7, 11) is 0. The van der Waals surface area contributed by atoms with Crippen molar-refractivity contribution in [3.05, 3.63) is 55.2 Å². The van der Waals surface area contributed by atoms with E-state index in [1.54, 1.807) is 28.1 Å². The van der Waals surface area contributed by atoms with E-state index in [2.05, 4.69) is 39.0 Å². The molecule has 1 aliphatic carbocycles. The van der Waals surface area contributed by atoms with Crippen LogP contribution >= 0.6 is 23.5 Å². The predicted molar refractivity (Wildman–Crippen MR) is 118 cm³/mol. The second-order valence-electron chi connectivity index (χ2n) is 8.31. The molecule has 0 amide bonds. The quantitative estimate of drug-likeness (QED) is 0.757. The summed E-state index contributed by atoms with van der Waals surface area (Å²) in [6.07, 6.45) is 1.96. The predicted octanol–water partition coefficient (Wildman–Crippen LogP) is 3.26. The third-order valence-electron chi connectivity index (χ3n) is 5.31. The van der Waals surface area contributed by atoms with Gasteiger partial charge in [-0.3, -0.25) is 13.9 Å². The average Bonchev–Trinajstić information content (AvgIpc) is 3.39. The molecule has 1 aromatic heterocycles. The highest BCUT2D eigenvalue weighted by Crippen LogP contribution is 2.52. The third-order valence-corrected chi connectivity index (χ3v) is 7.86. The number of hydrogen-bond donors (Lipinski definition) is 0. The van der Waals surface area contributed by atoms with E-state index in [0.29, 0.717) is 13.1 Å². The smallest absolute Gasteiger partial charge is 0.293 e. The fourth-order valence-corrected chi connectivity index (χ4v) is 6.16. The summed E-state index contributed by atoms with van der Waals surface area (Å²) in [5.41, 5.74) is 2.28. The Labute approximate surface area is 173 Å². The van der Waals surface area contributed by atoms with Gasteiger partial charge in [0.25, 0.3) is 5.56 Å². The van der Waals surface area contributed by atoms with Crippen LogP contribution in [-0.4, -0.2) is 9.13 Å². The molecule has 2 aromatic rings. The zero-order valence-electron chi connectivity index (χ0n) is 17.1. The van der Waals surface area contributed by atoms with E-state index in [0.717, 1.165) is 27.6 Å². The lowest BCUT2D eigenvalue weighted by molar-refractivity contribution is 0.568. The van der Waals surface area contributed by atoms with Gasteiger partial charge in [-0.25, -0.2) is 4.79 Å². The molecule has 2 aliphatic rings. The minimum atomic E-state index is -0.186. The van der Waals surface area contributed by atoms with Gasteiger partial charge < -0.3 is 0 Å². The first-order valence-electron chi connectivity index (χ1n) is 9.86. The van der Waals surface area contributed by atoms with Gasteiger partial charge in [-0.1, -0.05) is 50.4 Å². The van der Waals surface area contributed by atoms with Gasteiger partial charge in [0.1, 0.15) is 0 Å². The van der Waals surface area contributed by atoms with Crippen molar-refractivity contribution in [2.24, 2.45) is 0 Å². The van der Waals surface area contributed by atoms with Crippen LogP contribution < -0.4 is 21.8 Å². The van der Waals surface area contributed by atoms with Gasteiger partial charge in [0, 0.05) is 22.9 Å². The van der Waals surface area contributed by atoms with Crippen molar-refractivity contribution in [3.63, 3.8) is 0 Å². The Morgan fingerprint density at radius 1 is 0.964 bits per heavy atom. The minimum absolute atomic E-state index is 0.0857. The Balaban J connectivity index is 2.03. The molecule has 148 valence electrons. The zero-order valence-corrected chi connectivity index (χ0v) is 18.7. The van der Waals surface area contributed by atoms with Crippen LogP contribution in [0.2, 0.25) is 0 Å². The second kappa shape index (κ2) is 6.99. The zero-order chi connectivity index (χ0) is 20.2. The normalized spacial score (nSPS) is 17.8. The largest absolute Gasteiger partial charge is 0.331 e. The van der Waals surface area contributed by atoms with Crippen LogP contribution in [0.4, 0.5) is 0 Å². The van der Waals surface area contributed by atoms with Crippen LogP contribution in [0.15, 0.2) is 37.6 Å². The highest BCUT2D eigenvalue weighted by molar-refractivity contribution is 8.32. The summed E-state index contributed by atoms with van der Waals surface area (Å²) >= 11 is 3.34. The molecule has 0 bridgehead atoms. The number of fused-ring (bicyclic) bond motifs is 1. The Kier molecular flexibility index (Phi) is 4.91. The fourth-order valence-electron chi connectivity index (χ4n) is 3.58. The number of aromatic nitrogens is 2. The molecule has 0 spiro atoms. The molecular weight excluding hydrogens is 388 g/mol. The van der Waals surface area contributed by atoms with Crippen LogP contribution in [0.5, 0.6) is 0 Å². The molecule has 28 heavy (non-hydrogen) atoms. The highest BCUT2D eigenvalue weighted by Gasteiger charge is 2.26. The number of thioether (sulfide) groups is 2. The standard InChI is InChI=1S/C22H26N2O2S2/c1-6-23-18(13-8-9-13)17(19(25)24(7-2)21(23)26)20-27-15-11-10-14(22(3,4)5)12-16(15)28-20/h10-12H,6-9H2,1-5H3/b20-17+. The van der Waals surface area contributed by atoms with Crippen molar-refractivity contribution < 1.29 is 0 Å². The van der Waals surface area contributed by atoms with Crippen molar-refractivity contribution in [1.82, 2.24) is 9.13 Å². The van der Waals surface area contributed by atoms with Gasteiger partial charge in [0.15, 0.2) is 0 Å². The Morgan fingerprint density at radius 3 is 2.18 bits per heavy atom. The van der Waals surface area contributed by atoms with Gasteiger partial charge >= 0.3 is 5.69 Å². The molecule has 1 aromatic carbocycles. The van der Waals surface area contributed by atoms with Gasteiger partial charge in [-0.15, -0.1) is 0 Å². The summed E-state index contributed by atoms with van der Waals surface area (Å²) in [5.74, 6) is 0. The molecule has 1 aliphatic heterocycles. The van der Waals surface area contributed by atoms with Crippen molar-refractivity contribution in [1.29, 1.82) is 0 Å². The van der Waals surface area contributed by atoms with Crippen molar-refractivity contribution in [2.45, 2.75) is 75.8 Å². The number of benzene rings is 1. The van der Waals surface area contributed by atoms with Crippen molar-refractivity contribution in [2.75, 3.05) is 0 Å². The van der Waals surface area contributed by atoms with Crippen LogP contribution in [0.25, 0.3) is 9.81 Å². The van der Waals surface area contributed by atoms with Gasteiger partial charge in [0.2, 0.25) is 0 Å². The maximum Gasteiger partial charge on any atom is 0.331 e.